The Hall–Kier alpha value is -4.52. The summed E-state index contributed by atoms with van der Waals surface area (Å²) in [7, 11) is 4.89. The van der Waals surface area contributed by atoms with Crippen molar-refractivity contribution in [2.75, 3.05) is 12.4 Å². The molecule has 0 amide bonds. The van der Waals surface area contributed by atoms with Crippen LogP contribution in [0.1, 0.15) is 22.9 Å². The van der Waals surface area contributed by atoms with Gasteiger partial charge in [-0.15, -0.1) is 0 Å². The Morgan fingerprint density at radius 3 is 2.25 bits per heavy atom. The maximum absolute atomic E-state index is 13.7. The topological polar surface area (TPSA) is 70.2 Å². The van der Waals surface area contributed by atoms with Gasteiger partial charge >= 0.3 is 5.69 Å². The van der Waals surface area contributed by atoms with Gasteiger partial charge in [0.15, 0.2) is 0 Å². The molecule has 3 heterocycles. The molecule has 3 aromatic carbocycles. The maximum atomic E-state index is 13.7. The van der Waals surface area contributed by atoms with Crippen molar-refractivity contribution in [2.24, 2.45) is 14.1 Å². The van der Waals surface area contributed by atoms with Crippen molar-refractivity contribution in [3.8, 4) is 22.7 Å². The Bertz CT molecular complexity index is 1760. The number of rotatable bonds is 3. The number of hydrogen-bond acceptors (Lipinski definition) is 4. The predicted molar refractivity (Wildman–Crippen MR) is 142 cm³/mol. The number of aryl methyl sites for hydroxylation is 2. The molecule has 0 radical (unpaired) electrons. The van der Waals surface area contributed by atoms with Gasteiger partial charge in [-0.05, 0) is 54.4 Å². The van der Waals surface area contributed by atoms with E-state index in [1.54, 1.807) is 18.7 Å². The maximum Gasteiger partial charge on any atom is 0.331 e. The van der Waals surface area contributed by atoms with Crippen LogP contribution in [0.4, 0.5) is 5.69 Å². The van der Waals surface area contributed by atoms with Crippen molar-refractivity contribution in [3.05, 3.63) is 110 Å². The minimum absolute atomic E-state index is 0.271. The molecule has 1 aliphatic rings. The van der Waals surface area contributed by atoms with Gasteiger partial charge in [-0.2, -0.15) is 0 Å². The third kappa shape index (κ3) is 3.05. The van der Waals surface area contributed by atoms with Crippen LogP contribution in [0.5, 0.6) is 5.75 Å². The SMILES string of the molecule is COc1ccc(-c2c3c(=O)n(C)c(=O)n(C)c3c3n2-c2ccccc2NC3c2ccc(C)cc2)cc1. The van der Waals surface area contributed by atoms with Gasteiger partial charge in [0.1, 0.15) is 5.75 Å². The number of benzene rings is 3. The van der Waals surface area contributed by atoms with Crippen molar-refractivity contribution in [2.45, 2.75) is 13.0 Å². The average Bonchev–Trinajstić information content (AvgIpc) is 3.27. The Morgan fingerprint density at radius 1 is 0.861 bits per heavy atom. The number of fused-ring (bicyclic) bond motifs is 5. The molecule has 1 N–H and O–H groups in total. The summed E-state index contributed by atoms with van der Waals surface area (Å²) >= 11 is 0. The minimum Gasteiger partial charge on any atom is -0.497 e. The highest BCUT2D eigenvalue weighted by molar-refractivity contribution is 5.99. The largest absolute Gasteiger partial charge is 0.497 e. The van der Waals surface area contributed by atoms with Crippen LogP contribution in [-0.2, 0) is 14.1 Å². The van der Waals surface area contributed by atoms with E-state index in [9.17, 15) is 9.59 Å². The molecular weight excluding hydrogens is 452 g/mol. The average molecular weight is 479 g/mol. The molecule has 1 atom stereocenters. The second-order valence-corrected chi connectivity index (χ2v) is 9.23. The molecule has 0 fully saturated rings. The van der Waals surface area contributed by atoms with Gasteiger partial charge in [-0.1, -0.05) is 42.0 Å². The van der Waals surface area contributed by atoms with Crippen LogP contribution in [0.25, 0.3) is 27.8 Å². The molecule has 1 unspecified atom stereocenters. The van der Waals surface area contributed by atoms with E-state index < -0.39 is 0 Å². The Kier molecular flexibility index (Phi) is 4.89. The van der Waals surface area contributed by atoms with Gasteiger partial charge in [-0.25, -0.2) is 4.79 Å². The van der Waals surface area contributed by atoms with E-state index in [0.29, 0.717) is 10.9 Å². The van der Waals surface area contributed by atoms with Crippen molar-refractivity contribution >= 4 is 16.6 Å². The lowest BCUT2D eigenvalue weighted by molar-refractivity contribution is 0.415. The summed E-state index contributed by atoms with van der Waals surface area (Å²) in [5.74, 6) is 0.730. The van der Waals surface area contributed by atoms with Gasteiger partial charge < -0.3 is 14.6 Å². The second-order valence-electron chi connectivity index (χ2n) is 9.23. The fourth-order valence-electron chi connectivity index (χ4n) is 5.25. The second kappa shape index (κ2) is 8.02. The first-order valence-corrected chi connectivity index (χ1v) is 11.8. The van der Waals surface area contributed by atoms with Crippen LogP contribution in [-0.4, -0.2) is 20.8 Å². The highest BCUT2D eigenvalue weighted by atomic mass is 16.5. The highest BCUT2D eigenvalue weighted by Crippen LogP contribution is 2.45. The quantitative estimate of drug-likeness (QED) is 0.414. The molecule has 0 aliphatic carbocycles. The van der Waals surface area contributed by atoms with Crippen LogP contribution < -0.4 is 21.3 Å². The van der Waals surface area contributed by atoms with E-state index in [1.165, 1.54) is 11.6 Å². The molecule has 36 heavy (non-hydrogen) atoms. The summed E-state index contributed by atoms with van der Waals surface area (Å²) < 4.78 is 10.3. The fourth-order valence-corrected chi connectivity index (χ4v) is 5.25. The summed E-state index contributed by atoms with van der Waals surface area (Å²) in [6.45, 7) is 2.06. The van der Waals surface area contributed by atoms with Crippen LogP contribution in [0.2, 0.25) is 0 Å². The van der Waals surface area contributed by atoms with Crippen LogP contribution in [0, 0.1) is 6.92 Å². The molecule has 7 nitrogen and oxygen atoms in total. The molecule has 0 spiro atoms. The smallest absolute Gasteiger partial charge is 0.331 e. The van der Waals surface area contributed by atoms with Crippen molar-refractivity contribution in [3.63, 3.8) is 0 Å². The standard InChI is InChI=1S/C29H26N4O3/c1-17-9-11-18(12-10-17)24-27-26-23(28(34)32(3)29(35)31(26)2)25(19-13-15-20(36-4)16-14-19)33(27)22-8-6-5-7-21(22)30-24/h5-16,24,30H,1-4H3. The number of para-hydroxylation sites is 2. The van der Waals surface area contributed by atoms with E-state index in [4.69, 9.17) is 4.74 Å². The van der Waals surface area contributed by atoms with Crippen molar-refractivity contribution in [1.29, 1.82) is 0 Å². The van der Waals surface area contributed by atoms with E-state index in [0.717, 1.165) is 45.2 Å². The van der Waals surface area contributed by atoms with Crippen molar-refractivity contribution in [1.82, 2.24) is 13.7 Å². The number of anilines is 1. The molecular formula is C29H26N4O3. The Morgan fingerprint density at radius 2 is 1.56 bits per heavy atom. The van der Waals surface area contributed by atoms with E-state index in [2.05, 4.69) is 41.1 Å². The fraction of sp³-hybridized carbons (Fsp3) is 0.172. The molecule has 0 saturated heterocycles. The molecule has 5 aromatic rings. The minimum atomic E-state index is -0.358. The highest BCUT2D eigenvalue weighted by Gasteiger charge is 2.34. The summed E-state index contributed by atoms with van der Waals surface area (Å²) in [5, 5.41) is 4.19. The lowest BCUT2D eigenvalue weighted by atomic mass is 9.98. The van der Waals surface area contributed by atoms with Gasteiger partial charge in [0, 0.05) is 14.1 Å². The summed E-state index contributed by atoms with van der Waals surface area (Å²) in [4.78, 5) is 26.9. The zero-order valence-electron chi connectivity index (χ0n) is 20.6. The van der Waals surface area contributed by atoms with E-state index in [-0.39, 0.29) is 17.3 Å². The number of methoxy groups -OCH3 is 1. The molecule has 6 rings (SSSR count). The first kappa shape index (κ1) is 22.0. The zero-order valence-corrected chi connectivity index (χ0v) is 20.6. The first-order valence-electron chi connectivity index (χ1n) is 11.8. The molecule has 1 aliphatic heterocycles. The molecule has 0 bridgehead atoms. The number of nitrogens with one attached hydrogen (secondary N) is 1. The number of aromatic nitrogens is 3. The van der Waals surface area contributed by atoms with Crippen LogP contribution >= 0.6 is 0 Å². The lowest BCUT2D eigenvalue weighted by Gasteiger charge is -2.31. The van der Waals surface area contributed by atoms with Gasteiger partial charge in [0.2, 0.25) is 0 Å². The third-order valence-electron chi connectivity index (χ3n) is 7.10. The number of hydrogen-bond donors (Lipinski definition) is 1. The summed E-state index contributed by atoms with van der Waals surface area (Å²) in [6, 6.07) is 23.8. The number of ether oxygens (including phenoxy) is 1. The van der Waals surface area contributed by atoms with Gasteiger partial charge in [0.25, 0.3) is 5.56 Å². The molecule has 2 aromatic heterocycles. The lowest BCUT2D eigenvalue weighted by Crippen LogP contribution is -2.37. The Balaban J connectivity index is 1.83. The predicted octanol–water partition coefficient (Wildman–Crippen LogP) is 4.53. The summed E-state index contributed by atoms with van der Waals surface area (Å²) in [6.07, 6.45) is 0. The monoisotopic (exact) mass is 478 g/mol. The zero-order chi connectivity index (χ0) is 25.1. The molecule has 7 heteroatoms. The number of nitrogens with zero attached hydrogens (tertiary/aromatic N) is 3. The Labute approximate surface area is 207 Å². The van der Waals surface area contributed by atoms with E-state index >= 15 is 0 Å². The normalized spacial score (nSPS) is 14.3. The first-order chi connectivity index (χ1) is 17.4. The third-order valence-corrected chi connectivity index (χ3v) is 7.10. The van der Waals surface area contributed by atoms with Gasteiger partial charge in [0.05, 0.1) is 46.8 Å². The molecule has 0 saturated carbocycles. The van der Waals surface area contributed by atoms with Gasteiger partial charge in [-0.3, -0.25) is 13.9 Å². The van der Waals surface area contributed by atoms with E-state index in [1.807, 2.05) is 48.5 Å². The van der Waals surface area contributed by atoms with Crippen molar-refractivity contribution < 1.29 is 4.74 Å². The van der Waals surface area contributed by atoms with Crippen LogP contribution in [0.3, 0.4) is 0 Å². The summed E-state index contributed by atoms with van der Waals surface area (Å²) in [5.41, 5.74) is 6.51. The van der Waals surface area contributed by atoms with Crippen LogP contribution in [0.15, 0.2) is 82.4 Å². The molecule has 180 valence electrons.